The molecule has 1 aliphatic rings. The Kier molecular flexibility index (Phi) is 4.30. The highest BCUT2D eigenvalue weighted by Crippen LogP contribution is 2.19. The van der Waals surface area contributed by atoms with Crippen LogP contribution in [0.25, 0.3) is 0 Å². The minimum Gasteiger partial charge on any atom is -0.306 e. The maximum atomic E-state index is 4.50. The Morgan fingerprint density at radius 3 is 2.44 bits per heavy atom. The lowest BCUT2D eigenvalue weighted by molar-refractivity contribution is 0.575. The molecule has 0 aromatic rings. The van der Waals surface area contributed by atoms with Gasteiger partial charge in [0, 0.05) is 17.2 Å². The molecule has 0 atom stereocenters. The Bertz CT molecular complexity index is 304. The second-order valence-corrected chi connectivity index (χ2v) is 5.24. The number of hydrogen-bond donors (Lipinski definition) is 2. The standard InChI is InChI=1S/C13H23N3/c1-6-7-12(13(3,4)5)14-10(2)15-16-11-8-9-11/h6-7,11,15-16H,2,8-9H2,1,3-5H3/b7-6-,14-12+. The highest BCUT2D eigenvalue weighted by Gasteiger charge is 2.21. The van der Waals surface area contributed by atoms with Gasteiger partial charge in [-0.1, -0.05) is 33.4 Å². The van der Waals surface area contributed by atoms with E-state index in [-0.39, 0.29) is 5.41 Å². The summed E-state index contributed by atoms with van der Waals surface area (Å²) in [6.07, 6.45) is 6.52. The van der Waals surface area contributed by atoms with E-state index < -0.39 is 0 Å². The summed E-state index contributed by atoms with van der Waals surface area (Å²) in [5, 5.41) is 0. The second-order valence-electron chi connectivity index (χ2n) is 5.24. The molecule has 90 valence electrons. The van der Waals surface area contributed by atoms with Crippen LogP contribution in [-0.4, -0.2) is 11.8 Å². The van der Waals surface area contributed by atoms with Crippen molar-refractivity contribution in [1.82, 2.24) is 10.9 Å². The van der Waals surface area contributed by atoms with Gasteiger partial charge in [0.05, 0.1) is 0 Å². The first-order valence-corrected chi connectivity index (χ1v) is 5.86. The van der Waals surface area contributed by atoms with Gasteiger partial charge in [0.25, 0.3) is 0 Å². The number of nitrogens with zero attached hydrogens (tertiary/aromatic N) is 1. The molecule has 1 rings (SSSR count). The molecule has 0 radical (unpaired) electrons. The molecule has 0 aliphatic heterocycles. The number of aliphatic imine (C=N–C) groups is 1. The predicted molar refractivity (Wildman–Crippen MR) is 70.1 cm³/mol. The van der Waals surface area contributed by atoms with E-state index in [1.54, 1.807) is 0 Å². The Labute approximate surface area is 98.7 Å². The molecule has 0 aromatic heterocycles. The van der Waals surface area contributed by atoms with Crippen LogP contribution in [0.15, 0.2) is 29.5 Å². The third-order valence-corrected chi connectivity index (χ3v) is 2.35. The first-order valence-electron chi connectivity index (χ1n) is 5.86. The Balaban J connectivity index is 2.57. The van der Waals surface area contributed by atoms with Gasteiger partial charge in [0.1, 0.15) is 5.82 Å². The van der Waals surface area contributed by atoms with Crippen LogP contribution in [0.5, 0.6) is 0 Å². The van der Waals surface area contributed by atoms with E-state index in [1.165, 1.54) is 12.8 Å². The van der Waals surface area contributed by atoms with Gasteiger partial charge in [0.2, 0.25) is 0 Å². The molecule has 1 fully saturated rings. The van der Waals surface area contributed by atoms with Gasteiger partial charge < -0.3 is 5.43 Å². The van der Waals surface area contributed by atoms with E-state index in [0.717, 1.165) is 5.71 Å². The number of hydrazine groups is 1. The SMILES string of the molecule is C=C(/N=C(\C=C/C)C(C)(C)C)NNC1CC1. The Morgan fingerprint density at radius 1 is 1.38 bits per heavy atom. The lowest BCUT2D eigenvalue weighted by Crippen LogP contribution is -2.32. The van der Waals surface area contributed by atoms with Crippen LogP contribution >= 0.6 is 0 Å². The summed E-state index contributed by atoms with van der Waals surface area (Å²) in [5.74, 6) is 0.676. The predicted octanol–water partition coefficient (Wildman–Crippen LogP) is 2.78. The molecular weight excluding hydrogens is 198 g/mol. The first kappa shape index (κ1) is 13.0. The number of hydrogen-bond acceptors (Lipinski definition) is 3. The van der Waals surface area contributed by atoms with Crippen molar-refractivity contribution in [2.75, 3.05) is 0 Å². The maximum Gasteiger partial charge on any atom is 0.133 e. The summed E-state index contributed by atoms with van der Waals surface area (Å²) >= 11 is 0. The quantitative estimate of drug-likeness (QED) is 0.553. The lowest BCUT2D eigenvalue weighted by atomic mass is 9.89. The van der Waals surface area contributed by atoms with Gasteiger partial charge in [-0.25, -0.2) is 10.4 Å². The monoisotopic (exact) mass is 221 g/mol. The van der Waals surface area contributed by atoms with Crippen molar-refractivity contribution in [2.45, 2.75) is 46.6 Å². The van der Waals surface area contributed by atoms with Crippen molar-refractivity contribution < 1.29 is 0 Å². The molecule has 0 heterocycles. The Morgan fingerprint density at radius 2 is 2.00 bits per heavy atom. The van der Waals surface area contributed by atoms with Gasteiger partial charge in [0.15, 0.2) is 0 Å². The molecule has 16 heavy (non-hydrogen) atoms. The van der Waals surface area contributed by atoms with E-state index in [2.05, 4.69) is 43.2 Å². The molecule has 0 bridgehead atoms. The van der Waals surface area contributed by atoms with Gasteiger partial charge in [-0.3, -0.25) is 0 Å². The van der Waals surface area contributed by atoms with Crippen molar-refractivity contribution in [2.24, 2.45) is 10.4 Å². The van der Waals surface area contributed by atoms with Crippen LogP contribution < -0.4 is 10.9 Å². The molecule has 0 amide bonds. The van der Waals surface area contributed by atoms with Crippen molar-refractivity contribution in [3.05, 3.63) is 24.6 Å². The molecule has 0 saturated heterocycles. The fraction of sp³-hybridized carbons (Fsp3) is 0.615. The molecule has 1 aliphatic carbocycles. The summed E-state index contributed by atoms with van der Waals surface area (Å²) in [6, 6.07) is 0.603. The minimum atomic E-state index is 0.0384. The van der Waals surface area contributed by atoms with Crippen molar-refractivity contribution in [1.29, 1.82) is 0 Å². The number of nitrogens with one attached hydrogen (secondary N) is 2. The average Bonchev–Trinajstić information content (AvgIpc) is 2.96. The summed E-state index contributed by atoms with van der Waals surface area (Å²) in [7, 11) is 0. The highest BCUT2D eigenvalue weighted by atomic mass is 15.4. The van der Waals surface area contributed by atoms with E-state index in [0.29, 0.717) is 11.9 Å². The van der Waals surface area contributed by atoms with Gasteiger partial charge in [-0.15, -0.1) is 0 Å². The van der Waals surface area contributed by atoms with Crippen LogP contribution in [0.1, 0.15) is 40.5 Å². The van der Waals surface area contributed by atoms with E-state index in [9.17, 15) is 0 Å². The van der Waals surface area contributed by atoms with Crippen LogP contribution in [0.3, 0.4) is 0 Å². The summed E-state index contributed by atoms with van der Waals surface area (Å²) in [5.41, 5.74) is 7.29. The molecule has 2 N–H and O–H groups in total. The first-order chi connectivity index (χ1) is 7.43. The number of rotatable bonds is 5. The summed E-state index contributed by atoms with van der Waals surface area (Å²) < 4.78 is 0. The third-order valence-electron chi connectivity index (χ3n) is 2.35. The van der Waals surface area contributed by atoms with Crippen LogP contribution in [-0.2, 0) is 0 Å². The average molecular weight is 221 g/mol. The number of allylic oxidation sites excluding steroid dienone is 2. The molecule has 3 nitrogen and oxygen atoms in total. The normalized spacial score (nSPS) is 17.9. The van der Waals surface area contributed by atoms with E-state index in [4.69, 9.17) is 0 Å². The smallest absolute Gasteiger partial charge is 0.133 e. The largest absolute Gasteiger partial charge is 0.306 e. The topological polar surface area (TPSA) is 36.4 Å². The van der Waals surface area contributed by atoms with Gasteiger partial charge in [-0.2, -0.15) is 0 Å². The summed E-state index contributed by atoms with van der Waals surface area (Å²) in [4.78, 5) is 4.50. The van der Waals surface area contributed by atoms with E-state index in [1.807, 2.05) is 19.1 Å². The van der Waals surface area contributed by atoms with Gasteiger partial charge in [-0.05, 0) is 25.8 Å². The highest BCUT2D eigenvalue weighted by molar-refractivity contribution is 5.99. The maximum absolute atomic E-state index is 4.50. The minimum absolute atomic E-state index is 0.0384. The van der Waals surface area contributed by atoms with Crippen molar-refractivity contribution in [3.8, 4) is 0 Å². The second kappa shape index (κ2) is 5.30. The molecule has 0 aromatic carbocycles. The zero-order valence-corrected chi connectivity index (χ0v) is 10.8. The Hall–Kier alpha value is -1.09. The molecular formula is C13H23N3. The molecule has 0 unspecified atom stereocenters. The zero-order chi connectivity index (χ0) is 12.2. The third kappa shape index (κ3) is 4.62. The fourth-order valence-electron chi connectivity index (χ4n) is 1.20. The fourth-order valence-corrected chi connectivity index (χ4v) is 1.20. The molecule has 0 spiro atoms. The van der Waals surface area contributed by atoms with Crippen LogP contribution in [0, 0.1) is 5.41 Å². The molecule has 3 heteroatoms. The van der Waals surface area contributed by atoms with Crippen molar-refractivity contribution in [3.63, 3.8) is 0 Å². The van der Waals surface area contributed by atoms with Crippen LogP contribution in [0.2, 0.25) is 0 Å². The summed E-state index contributed by atoms with van der Waals surface area (Å²) in [6.45, 7) is 12.3. The van der Waals surface area contributed by atoms with E-state index >= 15 is 0 Å². The molecule has 1 saturated carbocycles. The van der Waals surface area contributed by atoms with Gasteiger partial charge >= 0.3 is 0 Å². The van der Waals surface area contributed by atoms with Crippen LogP contribution in [0.4, 0.5) is 0 Å². The zero-order valence-electron chi connectivity index (χ0n) is 10.8. The lowest BCUT2D eigenvalue weighted by Gasteiger charge is -2.19. The van der Waals surface area contributed by atoms with Crippen molar-refractivity contribution >= 4 is 5.71 Å².